The molecule has 178 valence electrons. The number of hydrogen-bond donors (Lipinski definition) is 0. The molecule has 5 nitrogen and oxygen atoms in total. The van der Waals surface area contributed by atoms with E-state index in [9.17, 15) is 39.7 Å². The molecule has 0 aromatic heterocycles. The largest absolute Gasteiger partial charge is 0.743 e. The maximum atomic E-state index is 13.8. The van der Waals surface area contributed by atoms with Crippen LogP contribution in [0.25, 0.3) is 0 Å². The Balaban J connectivity index is 1.96. The normalized spacial score (nSPS) is 18.5. The molecular formula is C21H17F5O5S2. The van der Waals surface area contributed by atoms with Gasteiger partial charge in [0.15, 0.2) is 20.3 Å². The minimum atomic E-state index is -6.68. The molecular weight excluding hydrogens is 491 g/mol. The maximum absolute atomic E-state index is 13.8. The third-order valence-electron chi connectivity index (χ3n) is 4.92. The highest BCUT2D eigenvalue weighted by atomic mass is 32.2. The van der Waals surface area contributed by atoms with Crippen LogP contribution in [0.15, 0.2) is 66.1 Å². The molecule has 0 fully saturated rings. The van der Waals surface area contributed by atoms with Gasteiger partial charge in [-0.3, -0.25) is 4.79 Å². The maximum Gasteiger partial charge on any atom is 0.432 e. The topological polar surface area (TPSA) is 83.5 Å². The summed E-state index contributed by atoms with van der Waals surface area (Å²) in [6, 6.07) is 11.6. The number of carbonyl (C=O) groups is 1. The van der Waals surface area contributed by atoms with Gasteiger partial charge in [0.1, 0.15) is 11.5 Å². The molecule has 1 aliphatic carbocycles. The molecule has 0 aliphatic heterocycles. The van der Waals surface area contributed by atoms with Crippen molar-refractivity contribution in [1.29, 1.82) is 0 Å². The summed E-state index contributed by atoms with van der Waals surface area (Å²) >= 11 is 0. The SMILES string of the molecule is C=CC[S+](c1cccc(OC(C(F)(F)F)C(F)(F)S(=O)(=O)[O-])c1)C1Cc2ccccc2C1=O. The van der Waals surface area contributed by atoms with E-state index in [2.05, 4.69) is 11.3 Å². The predicted octanol–water partition coefficient (Wildman–Crippen LogP) is 4.11. The van der Waals surface area contributed by atoms with Gasteiger partial charge in [-0.05, 0) is 23.8 Å². The first-order chi connectivity index (χ1) is 15.3. The summed E-state index contributed by atoms with van der Waals surface area (Å²) in [5, 5.41) is -6.30. The minimum absolute atomic E-state index is 0.153. The van der Waals surface area contributed by atoms with Crippen LogP contribution in [0.1, 0.15) is 15.9 Å². The Kier molecular flexibility index (Phi) is 6.92. The van der Waals surface area contributed by atoms with Gasteiger partial charge in [0, 0.05) is 28.9 Å². The van der Waals surface area contributed by atoms with Crippen molar-refractivity contribution in [3.05, 3.63) is 72.3 Å². The fraction of sp³-hybridized carbons (Fsp3) is 0.286. The molecule has 0 amide bonds. The molecule has 0 saturated carbocycles. The quantitative estimate of drug-likeness (QED) is 0.232. The fourth-order valence-corrected chi connectivity index (χ4v) is 6.18. The molecule has 3 unspecified atom stereocenters. The lowest BCUT2D eigenvalue weighted by molar-refractivity contribution is -0.239. The molecule has 1 aliphatic rings. The van der Waals surface area contributed by atoms with E-state index in [0.29, 0.717) is 16.9 Å². The molecule has 33 heavy (non-hydrogen) atoms. The molecule has 0 bridgehead atoms. The van der Waals surface area contributed by atoms with Crippen molar-refractivity contribution < 1.29 is 44.5 Å². The highest BCUT2D eigenvalue weighted by Crippen LogP contribution is 2.39. The monoisotopic (exact) mass is 508 g/mol. The number of fused-ring (bicyclic) bond motifs is 1. The van der Waals surface area contributed by atoms with Crippen LogP contribution in [0.2, 0.25) is 0 Å². The molecule has 2 aromatic carbocycles. The number of hydrogen-bond acceptors (Lipinski definition) is 5. The second-order valence-corrected chi connectivity index (χ2v) is 10.8. The Morgan fingerprint density at radius 3 is 2.39 bits per heavy atom. The highest BCUT2D eigenvalue weighted by molar-refractivity contribution is 7.98. The summed E-state index contributed by atoms with van der Waals surface area (Å²) in [5.74, 6) is -0.594. The number of ether oxygens (including phenoxy) is 1. The summed E-state index contributed by atoms with van der Waals surface area (Å²) < 4.78 is 104. The lowest BCUT2D eigenvalue weighted by atomic mass is 10.1. The van der Waals surface area contributed by atoms with E-state index in [1.54, 1.807) is 24.3 Å². The van der Waals surface area contributed by atoms with Crippen molar-refractivity contribution in [2.24, 2.45) is 0 Å². The van der Waals surface area contributed by atoms with Crippen LogP contribution in [0.3, 0.4) is 0 Å². The van der Waals surface area contributed by atoms with Crippen LogP contribution in [0, 0.1) is 0 Å². The Bertz CT molecular complexity index is 1160. The molecule has 3 atom stereocenters. The van der Waals surface area contributed by atoms with Gasteiger partial charge < -0.3 is 9.29 Å². The smallest absolute Gasteiger partial charge is 0.432 e. The minimum Gasteiger partial charge on any atom is -0.743 e. The second kappa shape index (κ2) is 9.07. The number of carbonyl (C=O) groups excluding carboxylic acids is 1. The van der Waals surface area contributed by atoms with Crippen LogP contribution in [0.4, 0.5) is 22.0 Å². The lowest BCUT2D eigenvalue weighted by Crippen LogP contribution is -2.53. The highest BCUT2D eigenvalue weighted by Gasteiger charge is 2.62. The van der Waals surface area contributed by atoms with Gasteiger partial charge in [-0.1, -0.05) is 36.9 Å². The zero-order chi connectivity index (χ0) is 24.6. The molecule has 0 heterocycles. The third-order valence-corrected chi connectivity index (χ3v) is 8.32. The summed E-state index contributed by atoms with van der Waals surface area (Å²) in [6.07, 6.45) is -8.15. The number of Topliss-reactive ketones (excluding diaryl/α,β-unsaturated/α-hetero) is 1. The van der Waals surface area contributed by atoms with Gasteiger partial charge in [0.05, 0.1) is 0 Å². The first kappa shape index (κ1) is 25.2. The van der Waals surface area contributed by atoms with Crippen molar-refractivity contribution in [1.82, 2.24) is 0 Å². The first-order valence-corrected chi connectivity index (χ1v) is 12.2. The van der Waals surface area contributed by atoms with Crippen molar-refractivity contribution in [3.8, 4) is 5.75 Å². The number of alkyl halides is 5. The summed E-state index contributed by atoms with van der Waals surface area (Å²) in [5.41, 5.74) is 1.35. The van der Waals surface area contributed by atoms with Crippen LogP contribution in [-0.4, -0.2) is 47.3 Å². The molecule has 0 N–H and O–H groups in total. The Morgan fingerprint density at radius 2 is 1.82 bits per heavy atom. The van der Waals surface area contributed by atoms with E-state index in [0.717, 1.165) is 17.7 Å². The van der Waals surface area contributed by atoms with Gasteiger partial charge in [0.25, 0.3) is 6.10 Å². The van der Waals surface area contributed by atoms with Crippen LogP contribution < -0.4 is 4.74 Å². The van der Waals surface area contributed by atoms with E-state index in [1.807, 2.05) is 0 Å². The predicted molar refractivity (Wildman–Crippen MR) is 111 cm³/mol. The van der Waals surface area contributed by atoms with E-state index >= 15 is 0 Å². The average molecular weight is 508 g/mol. The molecule has 2 aromatic rings. The van der Waals surface area contributed by atoms with E-state index in [1.165, 1.54) is 18.2 Å². The van der Waals surface area contributed by atoms with E-state index in [4.69, 9.17) is 0 Å². The number of benzene rings is 2. The van der Waals surface area contributed by atoms with E-state index in [-0.39, 0.29) is 11.5 Å². The van der Waals surface area contributed by atoms with Gasteiger partial charge in [-0.25, -0.2) is 8.42 Å². The van der Waals surface area contributed by atoms with E-state index < -0.39 is 49.5 Å². The van der Waals surface area contributed by atoms with Crippen molar-refractivity contribution in [2.45, 2.75) is 34.1 Å². The number of rotatable bonds is 8. The lowest BCUT2D eigenvalue weighted by Gasteiger charge is -2.30. The molecule has 3 rings (SSSR count). The molecule has 0 saturated heterocycles. The average Bonchev–Trinajstić information content (AvgIpc) is 3.05. The van der Waals surface area contributed by atoms with Crippen molar-refractivity contribution in [3.63, 3.8) is 0 Å². The second-order valence-electron chi connectivity index (χ2n) is 7.13. The summed E-state index contributed by atoms with van der Waals surface area (Å²) in [4.78, 5) is 13.3. The van der Waals surface area contributed by atoms with Gasteiger partial charge >= 0.3 is 11.4 Å². The molecule has 12 heteroatoms. The summed E-state index contributed by atoms with van der Waals surface area (Å²) in [7, 11) is -7.58. The van der Waals surface area contributed by atoms with Crippen LogP contribution in [0.5, 0.6) is 5.75 Å². The number of halogens is 5. The Labute approximate surface area is 189 Å². The standard InChI is InChI=1S/C21H17F5O5S2/c1-2-10-32(17-11-13-6-3-4-9-16(13)18(17)27)15-8-5-7-14(12-15)31-19(20(22,23)24)21(25,26)33(28,29)30/h2-9,12,17,19H,1,10-11H2. The van der Waals surface area contributed by atoms with Crippen molar-refractivity contribution >= 4 is 26.8 Å². The fourth-order valence-electron chi connectivity index (χ4n) is 3.44. The van der Waals surface area contributed by atoms with Gasteiger partial charge in [0.2, 0.25) is 5.78 Å². The zero-order valence-electron chi connectivity index (χ0n) is 16.7. The Morgan fingerprint density at radius 1 is 1.15 bits per heavy atom. The third kappa shape index (κ3) is 5.07. The first-order valence-electron chi connectivity index (χ1n) is 9.36. The van der Waals surface area contributed by atoms with Crippen LogP contribution >= 0.6 is 0 Å². The molecule has 0 spiro atoms. The van der Waals surface area contributed by atoms with Crippen molar-refractivity contribution in [2.75, 3.05) is 5.75 Å². The molecule has 0 radical (unpaired) electrons. The number of ketones is 1. The Hall–Kier alpha value is -2.44. The van der Waals surface area contributed by atoms with Crippen LogP contribution in [-0.2, 0) is 27.4 Å². The zero-order valence-corrected chi connectivity index (χ0v) is 18.4. The van der Waals surface area contributed by atoms with Gasteiger partial charge in [-0.2, -0.15) is 22.0 Å². The summed E-state index contributed by atoms with van der Waals surface area (Å²) in [6.45, 7) is 3.65. The van der Waals surface area contributed by atoms with Gasteiger partial charge in [-0.15, -0.1) is 0 Å².